The van der Waals surface area contributed by atoms with E-state index in [1.807, 2.05) is 10.8 Å². The summed E-state index contributed by atoms with van der Waals surface area (Å²) in [6, 6.07) is 12.3. The number of sulfonamides is 1. The number of hydrogen-bond donors (Lipinski definition) is 0. The van der Waals surface area contributed by atoms with Crippen LogP contribution < -0.4 is 0 Å². The molecule has 1 aromatic heterocycles. The van der Waals surface area contributed by atoms with Gasteiger partial charge in [-0.1, -0.05) is 23.7 Å². The molecular formula is C19H15ClF2N2O2S. The number of aromatic nitrogens is 1. The van der Waals surface area contributed by atoms with Crippen LogP contribution in [-0.2, 0) is 16.6 Å². The van der Waals surface area contributed by atoms with Crippen molar-refractivity contribution in [2.75, 3.05) is 6.54 Å². The van der Waals surface area contributed by atoms with E-state index in [0.29, 0.717) is 22.8 Å². The molecule has 0 saturated heterocycles. The second kappa shape index (κ2) is 6.74. The molecule has 0 unspecified atom stereocenters. The van der Waals surface area contributed by atoms with Gasteiger partial charge in [-0.2, -0.15) is 4.31 Å². The van der Waals surface area contributed by atoms with Gasteiger partial charge < -0.3 is 4.57 Å². The molecule has 0 saturated carbocycles. The Kier molecular flexibility index (Phi) is 4.53. The molecule has 1 atom stereocenters. The normalized spacial score (nSPS) is 17.7. The molecule has 4 nitrogen and oxygen atoms in total. The fourth-order valence-corrected chi connectivity index (χ4v) is 5.28. The minimum Gasteiger partial charge on any atom is -0.348 e. The third-order valence-electron chi connectivity index (χ3n) is 4.66. The lowest BCUT2D eigenvalue weighted by atomic mass is 10.0. The van der Waals surface area contributed by atoms with E-state index in [9.17, 15) is 17.2 Å². The standard InChI is InChI=1S/C19H15ClF2N2O2S/c20-14-3-1-4-15(12-14)27(25,26)24-10-9-23-8-2-5-18(23)19(24)13-6-7-16(21)17(22)11-13/h1-8,11-12,19H,9-10H2/t19-/m0/s1. The van der Waals surface area contributed by atoms with Crippen LogP contribution in [0.4, 0.5) is 8.78 Å². The average Bonchev–Trinajstić information content (AvgIpc) is 3.12. The summed E-state index contributed by atoms with van der Waals surface area (Å²) in [6.45, 7) is 0.655. The number of hydrogen-bond acceptors (Lipinski definition) is 2. The number of rotatable bonds is 3. The van der Waals surface area contributed by atoms with Crippen LogP contribution in [0.1, 0.15) is 17.3 Å². The fourth-order valence-electron chi connectivity index (χ4n) is 3.40. The Balaban J connectivity index is 1.87. The topological polar surface area (TPSA) is 42.3 Å². The smallest absolute Gasteiger partial charge is 0.244 e. The molecule has 3 aromatic rings. The Labute approximate surface area is 160 Å². The zero-order valence-corrected chi connectivity index (χ0v) is 15.6. The van der Waals surface area contributed by atoms with Gasteiger partial charge in [0.2, 0.25) is 10.0 Å². The van der Waals surface area contributed by atoms with E-state index in [2.05, 4.69) is 0 Å². The van der Waals surface area contributed by atoms with Crippen LogP contribution in [0, 0.1) is 11.6 Å². The van der Waals surface area contributed by atoms with Crippen molar-refractivity contribution >= 4 is 21.6 Å². The van der Waals surface area contributed by atoms with Crippen molar-refractivity contribution in [1.82, 2.24) is 8.87 Å². The highest BCUT2D eigenvalue weighted by Crippen LogP contribution is 2.37. The summed E-state index contributed by atoms with van der Waals surface area (Å²) in [5, 5.41) is 0.306. The molecule has 0 amide bonds. The maximum Gasteiger partial charge on any atom is 0.244 e. The lowest BCUT2D eigenvalue weighted by Gasteiger charge is -2.36. The van der Waals surface area contributed by atoms with Gasteiger partial charge in [0, 0.05) is 30.0 Å². The summed E-state index contributed by atoms with van der Waals surface area (Å²) in [7, 11) is -3.91. The third kappa shape index (κ3) is 3.16. The van der Waals surface area contributed by atoms with Gasteiger partial charge >= 0.3 is 0 Å². The van der Waals surface area contributed by atoms with Crippen molar-refractivity contribution in [2.45, 2.75) is 17.5 Å². The van der Waals surface area contributed by atoms with Crippen LogP contribution in [0.5, 0.6) is 0 Å². The van der Waals surface area contributed by atoms with Crippen LogP contribution in [0.15, 0.2) is 65.7 Å². The molecule has 4 rings (SSSR count). The Morgan fingerprint density at radius 3 is 2.52 bits per heavy atom. The van der Waals surface area contributed by atoms with E-state index in [-0.39, 0.29) is 11.4 Å². The summed E-state index contributed by atoms with van der Waals surface area (Å²) in [4.78, 5) is 0.0580. The molecule has 0 radical (unpaired) electrons. The quantitative estimate of drug-likeness (QED) is 0.651. The van der Waals surface area contributed by atoms with Crippen LogP contribution in [0.2, 0.25) is 5.02 Å². The Morgan fingerprint density at radius 1 is 0.963 bits per heavy atom. The fraction of sp³-hybridized carbons (Fsp3) is 0.158. The first-order valence-electron chi connectivity index (χ1n) is 8.25. The zero-order chi connectivity index (χ0) is 19.2. The predicted molar refractivity (Wildman–Crippen MR) is 98.0 cm³/mol. The number of nitrogens with zero attached hydrogens (tertiary/aromatic N) is 2. The SMILES string of the molecule is O=S(=O)(c1cccc(Cl)c1)N1CCn2cccc2[C@@H]1c1ccc(F)c(F)c1. The lowest BCUT2D eigenvalue weighted by Crippen LogP contribution is -2.42. The van der Waals surface area contributed by atoms with Gasteiger partial charge in [0.05, 0.1) is 10.9 Å². The van der Waals surface area contributed by atoms with E-state index in [0.717, 1.165) is 12.1 Å². The monoisotopic (exact) mass is 408 g/mol. The first kappa shape index (κ1) is 18.2. The summed E-state index contributed by atoms with van der Waals surface area (Å²) < 4.78 is 57.1. The van der Waals surface area contributed by atoms with E-state index in [1.54, 1.807) is 24.3 Å². The molecule has 27 heavy (non-hydrogen) atoms. The van der Waals surface area contributed by atoms with Gasteiger partial charge in [-0.05, 0) is 48.0 Å². The van der Waals surface area contributed by atoms with E-state index >= 15 is 0 Å². The molecule has 0 N–H and O–H groups in total. The first-order valence-corrected chi connectivity index (χ1v) is 10.1. The van der Waals surface area contributed by atoms with Gasteiger partial charge in [0.15, 0.2) is 11.6 Å². The van der Waals surface area contributed by atoms with Crippen LogP contribution >= 0.6 is 11.6 Å². The summed E-state index contributed by atoms with van der Waals surface area (Å²) in [6.07, 6.45) is 1.84. The molecular weight excluding hydrogens is 394 g/mol. The van der Waals surface area contributed by atoms with Crippen molar-refractivity contribution < 1.29 is 17.2 Å². The van der Waals surface area contributed by atoms with Gasteiger partial charge in [-0.15, -0.1) is 0 Å². The van der Waals surface area contributed by atoms with Crippen LogP contribution in [0.3, 0.4) is 0 Å². The van der Waals surface area contributed by atoms with E-state index < -0.39 is 27.7 Å². The molecule has 1 aliphatic rings. The minimum absolute atomic E-state index is 0.0580. The summed E-state index contributed by atoms with van der Waals surface area (Å²) in [5.74, 6) is -1.99. The maximum absolute atomic E-state index is 13.9. The van der Waals surface area contributed by atoms with E-state index in [4.69, 9.17) is 11.6 Å². The predicted octanol–water partition coefficient (Wildman–Crippen LogP) is 4.21. The molecule has 140 valence electrons. The van der Waals surface area contributed by atoms with Crippen molar-refractivity contribution in [2.24, 2.45) is 0 Å². The van der Waals surface area contributed by atoms with Crippen molar-refractivity contribution in [1.29, 1.82) is 0 Å². The molecule has 0 aliphatic carbocycles. The maximum atomic E-state index is 13.9. The summed E-state index contributed by atoms with van der Waals surface area (Å²) in [5.41, 5.74) is 1.05. The van der Waals surface area contributed by atoms with Gasteiger partial charge in [-0.25, -0.2) is 17.2 Å². The second-order valence-electron chi connectivity index (χ2n) is 6.28. The molecule has 2 heterocycles. The van der Waals surface area contributed by atoms with Gasteiger partial charge in [-0.3, -0.25) is 0 Å². The molecule has 0 spiro atoms. The average molecular weight is 409 g/mol. The van der Waals surface area contributed by atoms with Crippen LogP contribution in [0.25, 0.3) is 0 Å². The summed E-state index contributed by atoms with van der Waals surface area (Å²) >= 11 is 5.97. The lowest BCUT2D eigenvalue weighted by molar-refractivity contribution is 0.297. The third-order valence-corrected chi connectivity index (χ3v) is 6.75. The van der Waals surface area contributed by atoms with Crippen molar-refractivity contribution in [3.8, 4) is 0 Å². The first-order chi connectivity index (χ1) is 12.9. The molecule has 2 aromatic carbocycles. The van der Waals surface area contributed by atoms with Crippen LogP contribution in [-0.4, -0.2) is 23.8 Å². The highest BCUT2D eigenvalue weighted by Gasteiger charge is 2.38. The van der Waals surface area contributed by atoms with Gasteiger partial charge in [0.1, 0.15) is 0 Å². The largest absolute Gasteiger partial charge is 0.348 e. The molecule has 8 heteroatoms. The van der Waals surface area contributed by atoms with Gasteiger partial charge in [0.25, 0.3) is 0 Å². The number of halogens is 3. The number of fused-ring (bicyclic) bond motifs is 1. The molecule has 1 aliphatic heterocycles. The Hall–Kier alpha value is -2.22. The molecule has 0 fully saturated rings. The minimum atomic E-state index is -3.91. The zero-order valence-electron chi connectivity index (χ0n) is 14.0. The second-order valence-corrected chi connectivity index (χ2v) is 8.60. The molecule has 0 bridgehead atoms. The highest BCUT2D eigenvalue weighted by molar-refractivity contribution is 7.89. The Bertz CT molecular complexity index is 1110. The Morgan fingerprint density at radius 2 is 1.78 bits per heavy atom. The highest BCUT2D eigenvalue weighted by atomic mass is 35.5. The van der Waals surface area contributed by atoms with Crippen molar-refractivity contribution in [3.05, 3.63) is 88.7 Å². The van der Waals surface area contributed by atoms with E-state index in [1.165, 1.54) is 22.5 Å². The van der Waals surface area contributed by atoms with Crippen molar-refractivity contribution in [3.63, 3.8) is 0 Å². The number of benzene rings is 2.